The molecule has 1 N–H and O–H groups in total. The summed E-state index contributed by atoms with van der Waals surface area (Å²) in [6.07, 6.45) is 0. The molecule has 2 aliphatic heterocycles. The first kappa shape index (κ1) is 16.9. The third-order valence-corrected chi connectivity index (χ3v) is 5.40. The predicted molar refractivity (Wildman–Crippen MR) is 98.0 cm³/mol. The SMILES string of the molecule is C[C@@]1(c2ccccc2)NC(=O)N(Cc2cc3c(cc2Br)OCCO3)C1=O. The number of nitrogens with zero attached hydrogens (tertiary/aromatic N) is 1. The van der Waals surface area contributed by atoms with Crippen LogP contribution in [0.2, 0.25) is 0 Å². The van der Waals surface area contributed by atoms with Crippen molar-refractivity contribution in [2.45, 2.75) is 19.0 Å². The molecule has 2 aliphatic rings. The smallest absolute Gasteiger partial charge is 0.325 e. The van der Waals surface area contributed by atoms with Gasteiger partial charge in [0, 0.05) is 4.47 Å². The second-order valence-electron chi connectivity index (χ2n) is 6.40. The zero-order chi connectivity index (χ0) is 18.3. The third kappa shape index (κ3) is 2.72. The molecule has 134 valence electrons. The Morgan fingerprint density at radius 2 is 1.77 bits per heavy atom. The van der Waals surface area contributed by atoms with Crippen LogP contribution in [0.1, 0.15) is 18.1 Å². The average Bonchev–Trinajstić information content (AvgIpc) is 2.87. The molecule has 0 saturated carbocycles. The molecule has 2 aromatic carbocycles. The van der Waals surface area contributed by atoms with Crippen LogP contribution < -0.4 is 14.8 Å². The standard InChI is InChI=1S/C19H17BrN2O4/c1-19(13-5-3-2-4-6-13)17(23)22(18(24)21-19)11-12-9-15-16(10-14(12)20)26-8-7-25-15/h2-6,9-10H,7-8,11H2,1H3,(H,21,24)/t19-/m0/s1. The number of amides is 3. The summed E-state index contributed by atoms with van der Waals surface area (Å²) in [5.41, 5.74) is 0.454. The van der Waals surface area contributed by atoms with Crippen LogP contribution in [0.4, 0.5) is 4.79 Å². The second-order valence-corrected chi connectivity index (χ2v) is 7.25. The minimum absolute atomic E-state index is 0.143. The Morgan fingerprint density at radius 1 is 1.12 bits per heavy atom. The first-order valence-corrected chi connectivity index (χ1v) is 9.06. The lowest BCUT2D eigenvalue weighted by atomic mass is 9.92. The van der Waals surface area contributed by atoms with Gasteiger partial charge in [-0.3, -0.25) is 9.69 Å². The van der Waals surface area contributed by atoms with Crippen molar-refractivity contribution in [1.82, 2.24) is 10.2 Å². The largest absolute Gasteiger partial charge is 0.486 e. The summed E-state index contributed by atoms with van der Waals surface area (Å²) in [7, 11) is 0. The van der Waals surface area contributed by atoms with Gasteiger partial charge in [0.05, 0.1) is 6.54 Å². The number of halogens is 1. The van der Waals surface area contributed by atoms with Gasteiger partial charge in [-0.05, 0) is 30.2 Å². The summed E-state index contributed by atoms with van der Waals surface area (Å²) in [5, 5.41) is 2.81. The Hall–Kier alpha value is -2.54. The molecule has 2 aromatic rings. The molecule has 0 aliphatic carbocycles. The van der Waals surface area contributed by atoms with E-state index in [-0.39, 0.29) is 12.5 Å². The molecule has 26 heavy (non-hydrogen) atoms. The van der Waals surface area contributed by atoms with Crippen LogP contribution in [0, 0.1) is 0 Å². The first-order chi connectivity index (χ1) is 12.5. The highest BCUT2D eigenvalue weighted by atomic mass is 79.9. The van der Waals surface area contributed by atoms with E-state index in [1.54, 1.807) is 19.1 Å². The molecule has 0 spiro atoms. The zero-order valence-corrected chi connectivity index (χ0v) is 15.7. The number of ether oxygens (including phenoxy) is 2. The van der Waals surface area contributed by atoms with Crippen molar-refractivity contribution in [2.24, 2.45) is 0 Å². The maximum absolute atomic E-state index is 13.0. The number of carbonyl (C=O) groups is 2. The lowest BCUT2D eigenvalue weighted by Gasteiger charge is -2.23. The molecule has 3 amide bonds. The van der Waals surface area contributed by atoms with Crippen molar-refractivity contribution in [2.75, 3.05) is 13.2 Å². The summed E-state index contributed by atoms with van der Waals surface area (Å²) >= 11 is 3.49. The molecule has 6 nitrogen and oxygen atoms in total. The van der Waals surface area contributed by atoms with Gasteiger partial charge in [0.25, 0.3) is 5.91 Å². The van der Waals surface area contributed by atoms with E-state index in [2.05, 4.69) is 21.2 Å². The van der Waals surface area contributed by atoms with Gasteiger partial charge in [-0.1, -0.05) is 46.3 Å². The number of hydrogen-bond acceptors (Lipinski definition) is 4. The van der Waals surface area contributed by atoms with E-state index in [0.29, 0.717) is 24.7 Å². The van der Waals surface area contributed by atoms with Gasteiger partial charge < -0.3 is 14.8 Å². The summed E-state index contributed by atoms with van der Waals surface area (Å²) < 4.78 is 11.9. The van der Waals surface area contributed by atoms with Crippen LogP contribution >= 0.6 is 15.9 Å². The molecule has 0 radical (unpaired) electrons. The highest BCUT2D eigenvalue weighted by Crippen LogP contribution is 2.37. The van der Waals surface area contributed by atoms with Gasteiger partial charge in [-0.25, -0.2) is 4.79 Å². The van der Waals surface area contributed by atoms with Gasteiger partial charge >= 0.3 is 6.03 Å². The molecule has 0 aromatic heterocycles. The zero-order valence-electron chi connectivity index (χ0n) is 14.1. The van der Waals surface area contributed by atoms with Crippen LogP contribution in [-0.4, -0.2) is 30.1 Å². The fourth-order valence-electron chi connectivity index (χ4n) is 3.21. The van der Waals surface area contributed by atoms with E-state index in [1.165, 1.54) is 4.90 Å². The lowest BCUT2D eigenvalue weighted by molar-refractivity contribution is -0.131. The monoisotopic (exact) mass is 416 g/mol. The quantitative estimate of drug-likeness (QED) is 0.780. The van der Waals surface area contributed by atoms with Crippen molar-refractivity contribution in [3.63, 3.8) is 0 Å². The second kappa shape index (κ2) is 6.32. The molecule has 1 atom stereocenters. The van der Waals surface area contributed by atoms with Gasteiger partial charge in [-0.2, -0.15) is 0 Å². The van der Waals surface area contributed by atoms with E-state index >= 15 is 0 Å². The summed E-state index contributed by atoms with van der Waals surface area (Å²) in [6, 6.07) is 12.4. The molecule has 7 heteroatoms. The van der Waals surface area contributed by atoms with E-state index in [9.17, 15) is 9.59 Å². The van der Waals surface area contributed by atoms with Gasteiger partial charge in [0.2, 0.25) is 0 Å². The predicted octanol–water partition coefficient (Wildman–Crippen LogP) is 3.19. The Bertz CT molecular complexity index is 887. The molecular weight excluding hydrogens is 400 g/mol. The Labute approximate surface area is 159 Å². The maximum Gasteiger partial charge on any atom is 0.325 e. The van der Waals surface area contributed by atoms with Crippen LogP contribution in [-0.2, 0) is 16.9 Å². The lowest BCUT2D eigenvalue weighted by Crippen LogP contribution is -2.40. The number of benzene rings is 2. The molecule has 1 saturated heterocycles. The van der Waals surface area contributed by atoms with E-state index < -0.39 is 11.6 Å². The number of carbonyl (C=O) groups excluding carboxylic acids is 2. The normalized spacial score (nSPS) is 21.7. The topological polar surface area (TPSA) is 67.9 Å². The summed E-state index contributed by atoms with van der Waals surface area (Å²) in [5.74, 6) is 0.987. The fourth-order valence-corrected chi connectivity index (χ4v) is 3.65. The Morgan fingerprint density at radius 3 is 2.46 bits per heavy atom. The number of urea groups is 1. The highest BCUT2D eigenvalue weighted by molar-refractivity contribution is 9.10. The molecular formula is C19H17BrN2O4. The van der Waals surface area contributed by atoms with E-state index in [4.69, 9.17) is 9.47 Å². The van der Waals surface area contributed by atoms with Crippen molar-refractivity contribution in [3.8, 4) is 11.5 Å². The van der Waals surface area contributed by atoms with E-state index in [1.807, 2.05) is 30.3 Å². The Balaban J connectivity index is 1.63. The van der Waals surface area contributed by atoms with E-state index in [0.717, 1.165) is 15.6 Å². The number of imide groups is 1. The number of fused-ring (bicyclic) bond motifs is 1. The summed E-state index contributed by atoms with van der Waals surface area (Å²) in [6.45, 7) is 2.84. The van der Waals surface area contributed by atoms with Crippen molar-refractivity contribution >= 4 is 27.9 Å². The molecule has 0 unspecified atom stereocenters. The number of rotatable bonds is 3. The fraction of sp³-hybridized carbons (Fsp3) is 0.263. The maximum atomic E-state index is 13.0. The number of hydrogen-bond donors (Lipinski definition) is 1. The van der Waals surface area contributed by atoms with Crippen molar-refractivity contribution in [1.29, 1.82) is 0 Å². The van der Waals surface area contributed by atoms with Crippen LogP contribution in [0.5, 0.6) is 11.5 Å². The van der Waals surface area contributed by atoms with Gasteiger partial charge in [0.1, 0.15) is 18.8 Å². The van der Waals surface area contributed by atoms with Gasteiger partial charge in [-0.15, -0.1) is 0 Å². The highest BCUT2D eigenvalue weighted by Gasteiger charge is 2.48. The molecule has 2 heterocycles. The average molecular weight is 417 g/mol. The van der Waals surface area contributed by atoms with Gasteiger partial charge in [0.15, 0.2) is 11.5 Å². The Kier molecular flexibility index (Phi) is 4.11. The van der Waals surface area contributed by atoms with Crippen LogP contribution in [0.15, 0.2) is 46.9 Å². The summed E-state index contributed by atoms with van der Waals surface area (Å²) in [4.78, 5) is 26.7. The minimum atomic E-state index is -1.07. The van der Waals surface area contributed by atoms with Crippen molar-refractivity contribution < 1.29 is 19.1 Å². The molecule has 1 fully saturated rings. The van der Waals surface area contributed by atoms with Crippen LogP contribution in [0.3, 0.4) is 0 Å². The van der Waals surface area contributed by atoms with Crippen molar-refractivity contribution in [3.05, 3.63) is 58.1 Å². The minimum Gasteiger partial charge on any atom is -0.486 e. The van der Waals surface area contributed by atoms with Crippen LogP contribution in [0.25, 0.3) is 0 Å². The molecule has 4 rings (SSSR count). The first-order valence-electron chi connectivity index (χ1n) is 8.27. The molecule has 0 bridgehead atoms. The number of nitrogens with one attached hydrogen (secondary N) is 1. The third-order valence-electron chi connectivity index (χ3n) is 4.67.